The molecule has 0 bridgehead atoms. The van der Waals surface area contributed by atoms with E-state index in [1.165, 1.54) is 12.1 Å². The van der Waals surface area contributed by atoms with Gasteiger partial charge in [-0.15, -0.1) is 0 Å². The maximum absolute atomic E-state index is 12.9. The zero-order chi connectivity index (χ0) is 13.2. The van der Waals surface area contributed by atoms with Crippen molar-refractivity contribution in [2.75, 3.05) is 25.0 Å². The molecule has 0 saturated carbocycles. The van der Waals surface area contributed by atoms with Gasteiger partial charge in [0.1, 0.15) is 5.82 Å². The molecule has 0 spiro atoms. The van der Waals surface area contributed by atoms with Crippen molar-refractivity contribution in [1.29, 1.82) is 0 Å². The highest BCUT2D eigenvalue weighted by Crippen LogP contribution is 2.29. The summed E-state index contributed by atoms with van der Waals surface area (Å²) in [6, 6.07) is 6.01. The van der Waals surface area contributed by atoms with Crippen LogP contribution in [0.25, 0.3) is 0 Å². The molecule has 1 atom stereocenters. The number of carbonyl (C=O) groups excluding carboxylic acids is 1. The van der Waals surface area contributed by atoms with Gasteiger partial charge >= 0.3 is 0 Å². The number of nitrogens with one attached hydrogen (secondary N) is 1. The van der Waals surface area contributed by atoms with E-state index in [1.807, 2.05) is 6.92 Å². The molecule has 98 valence electrons. The van der Waals surface area contributed by atoms with E-state index in [4.69, 9.17) is 0 Å². The predicted molar refractivity (Wildman–Crippen MR) is 70.0 cm³/mol. The summed E-state index contributed by atoms with van der Waals surface area (Å²) < 4.78 is 12.9. The molecule has 1 N–H and O–H groups in total. The van der Waals surface area contributed by atoms with Crippen LogP contribution in [0, 0.1) is 11.2 Å². The van der Waals surface area contributed by atoms with Crippen molar-refractivity contribution in [3.63, 3.8) is 0 Å². The smallest absolute Gasteiger partial charge is 0.233 e. The van der Waals surface area contributed by atoms with E-state index in [-0.39, 0.29) is 17.1 Å². The number of nitrogens with zero attached hydrogens (tertiary/aromatic N) is 1. The maximum Gasteiger partial charge on any atom is 0.233 e. The van der Waals surface area contributed by atoms with Gasteiger partial charge in [0, 0.05) is 19.3 Å². The molecular weight excluding hydrogens is 231 g/mol. The molecule has 4 heteroatoms. The van der Waals surface area contributed by atoms with Crippen LogP contribution < -0.4 is 10.2 Å². The van der Waals surface area contributed by atoms with Gasteiger partial charge in [-0.1, -0.05) is 0 Å². The standard InChI is InChI=1S/C14H19FN2O/c1-14(8-3-9-16-10-14)13(18)17(2)12-6-4-11(15)5-7-12/h4-7,16H,3,8-10H2,1-2H3. The summed E-state index contributed by atoms with van der Waals surface area (Å²) in [6.07, 6.45) is 1.91. The summed E-state index contributed by atoms with van der Waals surface area (Å²) in [6.45, 7) is 3.67. The first-order chi connectivity index (χ1) is 8.53. The van der Waals surface area contributed by atoms with Crippen molar-refractivity contribution in [1.82, 2.24) is 5.32 Å². The minimum atomic E-state index is -0.360. The van der Waals surface area contributed by atoms with Crippen molar-refractivity contribution < 1.29 is 9.18 Å². The van der Waals surface area contributed by atoms with Gasteiger partial charge < -0.3 is 10.2 Å². The number of piperidine rings is 1. The first kappa shape index (κ1) is 13.0. The molecule has 0 radical (unpaired) electrons. The van der Waals surface area contributed by atoms with Crippen molar-refractivity contribution in [2.45, 2.75) is 19.8 Å². The van der Waals surface area contributed by atoms with Gasteiger partial charge in [-0.05, 0) is 50.6 Å². The molecule has 1 amide bonds. The Morgan fingerprint density at radius 2 is 2.06 bits per heavy atom. The zero-order valence-electron chi connectivity index (χ0n) is 10.9. The summed E-state index contributed by atoms with van der Waals surface area (Å²) in [5.74, 6) is -0.202. The molecule has 1 heterocycles. The number of halogens is 1. The second-order valence-corrected chi connectivity index (χ2v) is 5.18. The molecule has 18 heavy (non-hydrogen) atoms. The highest BCUT2D eigenvalue weighted by molar-refractivity contribution is 5.97. The monoisotopic (exact) mass is 250 g/mol. The van der Waals surface area contributed by atoms with Crippen LogP contribution in [0.1, 0.15) is 19.8 Å². The number of hydrogen-bond donors (Lipinski definition) is 1. The first-order valence-corrected chi connectivity index (χ1v) is 6.27. The summed E-state index contributed by atoms with van der Waals surface area (Å²) in [5.41, 5.74) is 0.370. The van der Waals surface area contributed by atoms with E-state index in [1.54, 1.807) is 24.1 Å². The number of amides is 1. The lowest BCUT2D eigenvalue weighted by Crippen LogP contribution is -2.49. The molecule has 0 aromatic heterocycles. The SMILES string of the molecule is CN(C(=O)C1(C)CCCNC1)c1ccc(F)cc1. The lowest BCUT2D eigenvalue weighted by atomic mass is 9.81. The fourth-order valence-corrected chi connectivity index (χ4v) is 2.43. The van der Waals surface area contributed by atoms with Crippen LogP contribution in [0.4, 0.5) is 10.1 Å². The Hall–Kier alpha value is -1.42. The summed E-state index contributed by atoms with van der Waals surface area (Å²) >= 11 is 0. The summed E-state index contributed by atoms with van der Waals surface area (Å²) in [7, 11) is 1.75. The van der Waals surface area contributed by atoms with E-state index < -0.39 is 0 Å². The summed E-state index contributed by atoms with van der Waals surface area (Å²) in [5, 5.41) is 3.26. The van der Waals surface area contributed by atoms with Crippen LogP contribution >= 0.6 is 0 Å². The van der Waals surface area contributed by atoms with E-state index in [0.29, 0.717) is 6.54 Å². The topological polar surface area (TPSA) is 32.3 Å². The zero-order valence-corrected chi connectivity index (χ0v) is 10.9. The number of hydrogen-bond acceptors (Lipinski definition) is 2. The van der Waals surface area contributed by atoms with Crippen LogP contribution in [0.5, 0.6) is 0 Å². The Morgan fingerprint density at radius 3 is 2.61 bits per heavy atom. The molecule has 1 unspecified atom stereocenters. The van der Waals surface area contributed by atoms with E-state index >= 15 is 0 Å². The highest BCUT2D eigenvalue weighted by atomic mass is 19.1. The van der Waals surface area contributed by atoms with E-state index in [0.717, 1.165) is 25.1 Å². The van der Waals surface area contributed by atoms with Gasteiger partial charge in [-0.25, -0.2) is 4.39 Å². The van der Waals surface area contributed by atoms with Crippen LogP contribution in [0.2, 0.25) is 0 Å². The van der Waals surface area contributed by atoms with Crippen molar-refractivity contribution in [3.8, 4) is 0 Å². The first-order valence-electron chi connectivity index (χ1n) is 6.27. The van der Waals surface area contributed by atoms with Crippen LogP contribution in [0.3, 0.4) is 0 Å². The van der Waals surface area contributed by atoms with Crippen molar-refractivity contribution in [2.24, 2.45) is 5.41 Å². The molecule has 1 aliphatic heterocycles. The van der Waals surface area contributed by atoms with Gasteiger partial charge in [0.05, 0.1) is 5.41 Å². The number of anilines is 1. The van der Waals surface area contributed by atoms with Gasteiger partial charge in [-0.2, -0.15) is 0 Å². The average Bonchev–Trinajstić information content (AvgIpc) is 2.39. The third-order valence-electron chi connectivity index (χ3n) is 3.63. The van der Waals surface area contributed by atoms with Gasteiger partial charge in [-0.3, -0.25) is 4.79 Å². The Kier molecular flexibility index (Phi) is 3.66. The van der Waals surface area contributed by atoms with E-state index in [9.17, 15) is 9.18 Å². The quantitative estimate of drug-likeness (QED) is 0.872. The number of rotatable bonds is 2. The Balaban J connectivity index is 2.15. The van der Waals surface area contributed by atoms with Crippen LogP contribution in [0.15, 0.2) is 24.3 Å². The number of carbonyl (C=O) groups is 1. The molecule has 0 aliphatic carbocycles. The van der Waals surface area contributed by atoms with Gasteiger partial charge in [0.15, 0.2) is 0 Å². The second kappa shape index (κ2) is 5.06. The molecule has 3 nitrogen and oxygen atoms in total. The third-order valence-corrected chi connectivity index (χ3v) is 3.63. The fraction of sp³-hybridized carbons (Fsp3) is 0.500. The Morgan fingerprint density at radius 1 is 1.39 bits per heavy atom. The van der Waals surface area contributed by atoms with Crippen LogP contribution in [-0.4, -0.2) is 26.0 Å². The van der Waals surface area contributed by atoms with Crippen LogP contribution in [-0.2, 0) is 4.79 Å². The summed E-state index contributed by atoms with van der Waals surface area (Å²) in [4.78, 5) is 14.1. The molecule has 2 rings (SSSR count). The van der Waals surface area contributed by atoms with Gasteiger partial charge in [0.25, 0.3) is 0 Å². The van der Waals surface area contributed by atoms with E-state index in [2.05, 4.69) is 5.32 Å². The Labute approximate surface area is 107 Å². The van der Waals surface area contributed by atoms with Gasteiger partial charge in [0.2, 0.25) is 5.91 Å². The lowest BCUT2D eigenvalue weighted by Gasteiger charge is -2.36. The molecule has 1 aliphatic rings. The largest absolute Gasteiger partial charge is 0.316 e. The highest BCUT2D eigenvalue weighted by Gasteiger charge is 2.36. The lowest BCUT2D eigenvalue weighted by molar-refractivity contribution is -0.128. The predicted octanol–water partition coefficient (Wildman–Crippen LogP) is 2.18. The maximum atomic E-state index is 12.9. The average molecular weight is 250 g/mol. The van der Waals surface area contributed by atoms with Crippen molar-refractivity contribution >= 4 is 11.6 Å². The molecule has 1 aromatic carbocycles. The Bertz CT molecular complexity index is 424. The normalized spacial score (nSPS) is 23.7. The molecule has 1 fully saturated rings. The molecular formula is C14H19FN2O. The number of benzene rings is 1. The minimum absolute atomic E-state index is 0.0845. The van der Waals surface area contributed by atoms with Crippen molar-refractivity contribution in [3.05, 3.63) is 30.1 Å². The minimum Gasteiger partial charge on any atom is -0.316 e. The third kappa shape index (κ3) is 2.53. The fourth-order valence-electron chi connectivity index (χ4n) is 2.43. The molecule has 1 aromatic rings. The molecule has 1 saturated heterocycles. The second-order valence-electron chi connectivity index (χ2n) is 5.18.